The number of carbonyl (C=O) groups is 1. The van der Waals surface area contributed by atoms with Gasteiger partial charge in [-0.3, -0.25) is 4.79 Å². The number of nitrogens with zero attached hydrogens (tertiary/aromatic N) is 1. The minimum Gasteiger partial charge on any atom is -0.294 e. The van der Waals surface area contributed by atoms with Gasteiger partial charge < -0.3 is 0 Å². The summed E-state index contributed by atoms with van der Waals surface area (Å²) in [5.74, 6) is 0.00930. The Balaban J connectivity index is 3.02. The summed E-state index contributed by atoms with van der Waals surface area (Å²) >= 11 is 8.92. The van der Waals surface area contributed by atoms with Crippen LogP contribution in [0, 0.1) is 11.3 Å². The van der Waals surface area contributed by atoms with E-state index < -0.39 is 0 Å². The second kappa shape index (κ2) is 5.14. The summed E-state index contributed by atoms with van der Waals surface area (Å²) in [4.78, 5) is 11.4. The Morgan fingerprint density at radius 1 is 1.57 bits per heavy atom. The molecule has 0 aliphatic carbocycles. The van der Waals surface area contributed by atoms with Crippen molar-refractivity contribution in [2.45, 2.75) is 6.42 Å². The lowest BCUT2D eigenvalue weighted by Crippen LogP contribution is -1.99. The van der Waals surface area contributed by atoms with Gasteiger partial charge in [0.05, 0.1) is 10.6 Å². The van der Waals surface area contributed by atoms with Crippen molar-refractivity contribution in [3.63, 3.8) is 0 Å². The molecule has 0 radical (unpaired) electrons. The maximum absolute atomic E-state index is 11.4. The highest BCUT2D eigenvalue weighted by Gasteiger charge is 2.07. The highest BCUT2D eigenvalue weighted by Crippen LogP contribution is 2.17. The largest absolute Gasteiger partial charge is 0.294 e. The fourth-order valence-electron chi connectivity index (χ4n) is 1.01. The van der Waals surface area contributed by atoms with Crippen molar-refractivity contribution in [3.05, 3.63) is 34.3 Å². The normalized spacial score (nSPS) is 9.50. The van der Waals surface area contributed by atoms with Crippen LogP contribution < -0.4 is 0 Å². The molecule has 1 aromatic rings. The fourth-order valence-corrected chi connectivity index (χ4v) is 1.53. The third-order valence-corrected chi connectivity index (χ3v) is 2.46. The molecule has 4 heteroatoms. The van der Waals surface area contributed by atoms with Gasteiger partial charge in [-0.05, 0) is 18.2 Å². The van der Waals surface area contributed by atoms with E-state index in [2.05, 4.69) is 15.9 Å². The number of ketones is 1. The lowest BCUT2D eigenvalue weighted by molar-refractivity contribution is 0.0990. The number of benzene rings is 1. The first-order valence-corrected chi connectivity index (χ1v) is 5.47. The van der Waals surface area contributed by atoms with Crippen molar-refractivity contribution in [1.29, 1.82) is 5.26 Å². The third kappa shape index (κ3) is 2.57. The van der Waals surface area contributed by atoms with Crippen LogP contribution in [-0.2, 0) is 0 Å². The maximum Gasteiger partial charge on any atom is 0.163 e. The van der Waals surface area contributed by atoms with Crippen LogP contribution in [0.4, 0.5) is 0 Å². The average molecular weight is 273 g/mol. The molecule has 0 saturated carbocycles. The Kier molecular flexibility index (Phi) is 4.12. The van der Waals surface area contributed by atoms with Crippen molar-refractivity contribution < 1.29 is 4.79 Å². The number of hydrogen-bond acceptors (Lipinski definition) is 2. The molecule has 0 aromatic heterocycles. The van der Waals surface area contributed by atoms with E-state index in [0.717, 1.165) is 0 Å². The molecule has 0 atom stereocenters. The second-order valence-corrected chi connectivity index (χ2v) is 3.87. The van der Waals surface area contributed by atoms with E-state index >= 15 is 0 Å². The molecule has 0 aliphatic heterocycles. The predicted molar refractivity (Wildman–Crippen MR) is 58.9 cm³/mol. The van der Waals surface area contributed by atoms with Crippen molar-refractivity contribution in [1.82, 2.24) is 0 Å². The fraction of sp³-hybridized carbons (Fsp3) is 0.200. The van der Waals surface area contributed by atoms with E-state index in [4.69, 9.17) is 16.9 Å². The van der Waals surface area contributed by atoms with Crippen molar-refractivity contribution in [3.8, 4) is 6.07 Å². The van der Waals surface area contributed by atoms with E-state index in [0.29, 0.717) is 27.9 Å². The predicted octanol–water partition coefficient (Wildman–Crippen LogP) is 3.18. The highest BCUT2D eigenvalue weighted by molar-refractivity contribution is 9.09. The number of nitriles is 1. The van der Waals surface area contributed by atoms with Gasteiger partial charge in [0.2, 0.25) is 0 Å². The topological polar surface area (TPSA) is 40.9 Å². The molecule has 1 rings (SSSR count). The summed E-state index contributed by atoms with van der Waals surface area (Å²) in [7, 11) is 0. The maximum atomic E-state index is 11.4. The first kappa shape index (κ1) is 11.2. The van der Waals surface area contributed by atoms with Gasteiger partial charge >= 0.3 is 0 Å². The minimum absolute atomic E-state index is 0.00930. The smallest absolute Gasteiger partial charge is 0.163 e. The van der Waals surface area contributed by atoms with Crippen LogP contribution in [0.25, 0.3) is 0 Å². The summed E-state index contributed by atoms with van der Waals surface area (Å²) in [6, 6.07) is 6.66. The van der Waals surface area contributed by atoms with Gasteiger partial charge in [0.15, 0.2) is 5.78 Å². The van der Waals surface area contributed by atoms with E-state index in [1.54, 1.807) is 12.1 Å². The van der Waals surface area contributed by atoms with Gasteiger partial charge in [0.25, 0.3) is 0 Å². The number of rotatable bonds is 3. The second-order valence-electron chi connectivity index (χ2n) is 2.67. The summed E-state index contributed by atoms with van der Waals surface area (Å²) in [6.45, 7) is 0. The average Bonchev–Trinajstić information content (AvgIpc) is 2.19. The van der Waals surface area contributed by atoms with E-state index in [-0.39, 0.29) is 5.78 Å². The molecule has 0 bridgehead atoms. The van der Waals surface area contributed by atoms with Crippen LogP contribution in [0.2, 0.25) is 5.02 Å². The molecule has 72 valence electrons. The van der Waals surface area contributed by atoms with Crippen molar-refractivity contribution >= 4 is 33.3 Å². The van der Waals surface area contributed by atoms with Gasteiger partial charge in [0, 0.05) is 17.3 Å². The molecule has 0 unspecified atom stereocenters. The van der Waals surface area contributed by atoms with Crippen LogP contribution in [0.15, 0.2) is 18.2 Å². The Labute approximate surface area is 95.6 Å². The van der Waals surface area contributed by atoms with Crippen LogP contribution in [-0.4, -0.2) is 11.1 Å². The van der Waals surface area contributed by atoms with Gasteiger partial charge in [0.1, 0.15) is 6.07 Å². The number of alkyl halides is 1. The summed E-state index contributed by atoms with van der Waals surface area (Å²) < 4.78 is 0. The van der Waals surface area contributed by atoms with Gasteiger partial charge in [-0.25, -0.2) is 0 Å². The van der Waals surface area contributed by atoms with E-state index in [9.17, 15) is 4.79 Å². The third-order valence-electron chi connectivity index (χ3n) is 1.73. The molecule has 0 aliphatic rings. The quantitative estimate of drug-likeness (QED) is 0.626. The van der Waals surface area contributed by atoms with Crippen LogP contribution >= 0.6 is 27.5 Å². The standard InChI is InChI=1S/C10H7BrClNO/c11-4-3-10(14)7-1-2-9(12)8(5-7)6-13/h1-2,5H,3-4H2. The van der Waals surface area contributed by atoms with Crippen LogP contribution in [0.5, 0.6) is 0 Å². The molecule has 2 nitrogen and oxygen atoms in total. The Morgan fingerprint density at radius 3 is 2.86 bits per heavy atom. The monoisotopic (exact) mass is 271 g/mol. The molecular formula is C10H7BrClNO. The number of carbonyl (C=O) groups excluding carboxylic acids is 1. The van der Waals surface area contributed by atoms with E-state index in [1.165, 1.54) is 6.07 Å². The molecule has 0 fully saturated rings. The Morgan fingerprint density at radius 2 is 2.29 bits per heavy atom. The molecule has 14 heavy (non-hydrogen) atoms. The molecule has 0 saturated heterocycles. The molecular weight excluding hydrogens is 265 g/mol. The van der Waals surface area contributed by atoms with Crippen molar-refractivity contribution in [2.75, 3.05) is 5.33 Å². The lowest BCUT2D eigenvalue weighted by atomic mass is 10.1. The molecule has 0 amide bonds. The number of hydrogen-bond donors (Lipinski definition) is 0. The molecule has 0 spiro atoms. The first-order valence-electron chi connectivity index (χ1n) is 3.98. The number of Topliss-reactive ketones (excluding diaryl/α,β-unsaturated/α-hetero) is 1. The van der Waals surface area contributed by atoms with Crippen molar-refractivity contribution in [2.24, 2.45) is 0 Å². The van der Waals surface area contributed by atoms with Gasteiger partial charge in [-0.1, -0.05) is 27.5 Å². The zero-order valence-corrected chi connectivity index (χ0v) is 9.60. The van der Waals surface area contributed by atoms with Gasteiger partial charge in [-0.15, -0.1) is 0 Å². The molecule has 0 N–H and O–H groups in total. The van der Waals surface area contributed by atoms with E-state index in [1.807, 2.05) is 6.07 Å². The van der Waals surface area contributed by atoms with Crippen LogP contribution in [0.1, 0.15) is 22.3 Å². The first-order chi connectivity index (χ1) is 6.69. The number of halogens is 2. The summed E-state index contributed by atoms with van der Waals surface area (Å²) in [6.07, 6.45) is 0.423. The zero-order valence-electron chi connectivity index (χ0n) is 7.26. The molecule has 0 heterocycles. The van der Waals surface area contributed by atoms with Crippen LogP contribution in [0.3, 0.4) is 0 Å². The summed E-state index contributed by atoms with van der Waals surface area (Å²) in [5, 5.41) is 9.70. The molecule has 1 aromatic carbocycles. The summed E-state index contributed by atoms with van der Waals surface area (Å²) in [5.41, 5.74) is 0.873. The Bertz CT molecular complexity index is 398. The lowest BCUT2D eigenvalue weighted by Gasteiger charge is -2.00. The zero-order chi connectivity index (χ0) is 10.6. The SMILES string of the molecule is N#Cc1cc(C(=O)CCBr)ccc1Cl. The Hall–Kier alpha value is -0.850. The highest BCUT2D eigenvalue weighted by atomic mass is 79.9. The van der Waals surface area contributed by atoms with Gasteiger partial charge in [-0.2, -0.15) is 5.26 Å². The minimum atomic E-state index is 0.00930.